The number of methoxy groups -OCH3 is 1. The molecule has 0 aliphatic rings. The Morgan fingerprint density at radius 3 is 2.67 bits per heavy atom. The quantitative estimate of drug-likeness (QED) is 0.125. The van der Waals surface area contributed by atoms with Crippen LogP contribution in [-0.2, 0) is 4.74 Å². The number of ether oxygens (including phenoxy) is 2. The lowest BCUT2D eigenvalue weighted by molar-refractivity contribution is 0.195. The number of halogens is 2. The van der Waals surface area contributed by atoms with Crippen molar-refractivity contribution >= 4 is 29.2 Å². The number of rotatable bonds is 10. The first-order chi connectivity index (χ1) is 15.9. The lowest BCUT2D eigenvalue weighted by atomic mass is 10.2. The molecule has 33 heavy (non-hydrogen) atoms. The van der Waals surface area contributed by atoms with E-state index in [0.717, 1.165) is 23.4 Å². The van der Waals surface area contributed by atoms with Gasteiger partial charge in [-0.25, -0.2) is 18.7 Å². The molecule has 0 bridgehead atoms. The summed E-state index contributed by atoms with van der Waals surface area (Å²) in [5.41, 5.74) is 5.98. The number of thioether (sulfide) groups is 1. The minimum Gasteiger partial charge on any atom is -0.450 e. The Kier molecular flexibility index (Phi) is 8.39. The van der Waals surface area contributed by atoms with Gasteiger partial charge in [-0.3, -0.25) is 0 Å². The molecule has 0 aliphatic carbocycles. The predicted octanol–water partition coefficient (Wildman–Crippen LogP) is 4.90. The standard InChI is InChI=1S/C22H23F2N5O3S/c1-13(7-8-31-2)33-16-10-19(32-18-5-4-15(23)9-17(18)24)22(27-12-16)28-20-6-3-14(11-26-20)21(25)29-30/h3-6,9-13,30H,7-8H2,1-2H3,(H2,25,29)(H,26,27,28). The van der Waals surface area contributed by atoms with Gasteiger partial charge in [0.25, 0.3) is 0 Å². The number of benzene rings is 1. The zero-order chi connectivity index (χ0) is 23.8. The number of oxime groups is 1. The van der Waals surface area contributed by atoms with E-state index in [2.05, 4.69) is 27.4 Å². The summed E-state index contributed by atoms with van der Waals surface area (Å²) >= 11 is 1.57. The van der Waals surface area contributed by atoms with Gasteiger partial charge in [0.1, 0.15) is 11.6 Å². The number of hydrogen-bond acceptors (Lipinski definition) is 8. The molecule has 1 unspecified atom stereocenters. The monoisotopic (exact) mass is 475 g/mol. The number of nitrogens with zero attached hydrogens (tertiary/aromatic N) is 3. The fourth-order valence-corrected chi connectivity index (χ4v) is 3.68. The van der Waals surface area contributed by atoms with E-state index in [1.54, 1.807) is 43.3 Å². The molecule has 8 nitrogen and oxygen atoms in total. The van der Waals surface area contributed by atoms with Crippen molar-refractivity contribution in [3.63, 3.8) is 0 Å². The number of hydrogen-bond donors (Lipinski definition) is 3. The van der Waals surface area contributed by atoms with Crippen LogP contribution in [0.5, 0.6) is 11.5 Å². The maximum atomic E-state index is 14.2. The Morgan fingerprint density at radius 2 is 2.00 bits per heavy atom. The Balaban J connectivity index is 1.89. The second kappa shape index (κ2) is 11.4. The first kappa shape index (κ1) is 24.2. The van der Waals surface area contributed by atoms with Crippen LogP contribution in [0.3, 0.4) is 0 Å². The summed E-state index contributed by atoms with van der Waals surface area (Å²) in [5.74, 6) is -0.868. The maximum Gasteiger partial charge on any atom is 0.175 e. The van der Waals surface area contributed by atoms with Gasteiger partial charge in [0.05, 0.1) is 0 Å². The van der Waals surface area contributed by atoms with Gasteiger partial charge in [0, 0.05) is 47.9 Å². The Labute approximate surface area is 193 Å². The molecule has 4 N–H and O–H groups in total. The molecule has 0 spiro atoms. The van der Waals surface area contributed by atoms with Gasteiger partial charge in [-0.2, -0.15) is 0 Å². The molecule has 0 saturated carbocycles. The van der Waals surface area contributed by atoms with Gasteiger partial charge in [-0.05, 0) is 36.8 Å². The van der Waals surface area contributed by atoms with Crippen molar-refractivity contribution in [3.05, 3.63) is 66.0 Å². The first-order valence-electron chi connectivity index (χ1n) is 9.89. The highest BCUT2D eigenvalue weighted by molar-refractivity contribution is 7.99. The second-order valence-electron chi connectivity index (χ2n) is 6.95. The number of anilines is 2. The normalized spacial score (nSPS) is 12.4. The summed E-state index contributed by atoms with van der Waals surface area (Å²) in [6.45, 7) is 2.68. The minimum atomic E-state index is -0.839. The average Bonchev–Trinajstić information content (AvgIpc) is 2.81. The molecular formula is C22H23F2N5O3S. The van der Waals surface area contributed by atoms with Crippen LogP contribution in [0.25, 0.3) is 0 Å². The van der Waals surface area contributed by atoms with Crippen molar-refractivity contribution in [2.45, 2.75) is 23.5 Å². The van der Waals surface area contributed by atoms with Gasteiger partial charge in [-0.15, -0.1) is 11.8 Å². The van der Waals surface area contributed by atoms with E-state index >= 15 is 0 Å². The molecule has 0 aliphatic heterocycles. The highest BCUT2D eigenvalue weighted by atomic mass is 32.2. The molecule has 0 fully saturated rings. The van der Waals surface area contributed by atoms with Gasteiger partial charge < -0.3 is 25.7 Å². The molecule has 0 amide bonds. The summed E-state index contributed by atoms with van der Waals surface area (Å²) in [6, 6.07) is 7.99. The van der Waals surface area contributed by atoms with Gasteiger partial charge >= 0.3 is 0 Å². The van der Waals surface area contributed by atoms with E-state index in [4.69, 9.17) is 20.4 Å². The highest BCUT2D eigenvalue weighted by Gasteiger charge is 2.15. The van der Waals surface area contributed by atoms with E-state index in [0.29, 0.717) is 18.0 Å². The summed E-state index contributed by atoms with van der Waals surface area (Å²) in [4.78, 5) is 9.42. The Hall–Kier alpha value is -3.44. The van der Waals surface area contributed by atoms with Crippen molar-refractivity contribution in [3.8, 4) is 11.5 Å². The SMILES string of the molecule is COCCC(C)Sc1cnc(Nc2ccc(/C(N)=N/O)cn2)c(Oc2ccc(F)cc2F)c1. The summed E-state index contributed by atoms with van der Waals surface area (Å²) in [6.07, 6.45) is 3.91. The van der Waals surface area contributed by atoms with Gasteiger partial charge in [0.2, 0.25) is 0 Å². The van der Waals surface area contributed by atoms with E-state index in [1.165, 1.54) is 12.3 Å². The third kappa shape index (κ3) is 6.77. The fraction of sp³-hybridized carbons (Fsp3) is 0.227. The number of amidine groups is 1. The maximum absolute atomic E-state index is 14.2. The van der Waals surface area contributed by atoms with Crippen molar-refractivity contribution in [2.75, 3.05) is 19.0 Å². The topological polar surface area (TPSA) is 115 Å². The Bertz CT molecular complexity index is 1120. The first-order valence-corrected chi connectivity index (χ1v) is 10.8. The van der Waals surface area contributed by atoms with Crippen molar-refractivity contribution in [2.24, 2.45) is 10.9 Å². The molecule has 3 rings (SSSR count). The summed E-state index contributed by atoms with van der Waals surface area (Å²) < 4.78 is 38.4. The van der Waals surface area contributed by atoms with Gasteiger partial charge in [-0.1, -0.05) is 12.1 Å². The Morgan fingerprint density at radius 1 is 1.18 bits per heavy atom. The van der Waals surface area contributed by atoms with Crippen LogP contribution in [0.15, 0.2) is 58.8 Å². The molecule has 0 saturated heterocycles. The van der Waals surface area contributed by atoms with Crippen LogP contribution in [0, 0.1) is 11.6 Å². The molecule has 3 aromatic rings. The molecule has 2 heterocycles. The van der Waals surface area contributed by atoms with Crippen molar-refractivity contribution in [1.82, 2.24) is 9.97 Å². The minimum absolute atomic E-state index is 0.0769. The van der Waals surface area contributed by atoms with Gasteiger partial charge in [0.15, 0.2) is 29.0 Å². The molecular weight excluding hydrogens is 452 g/mol. The van der Waals surface area contributed by atoms with E-state index in [9.17, 15) is 8.78 Å². The lowest BCUT2D eigenvalue weighted by Gasteiger charge is -2.15. The smallest absolute Gasteiger partial charge is 0.175 e. The predicted molar refractivity (Wildman–Crippen MR) is 123 cm³/mol. The largest absolute Gasteiger partial charge is 0.450 e. The molecule has 2 aromatic heterocycles. The van der Waals surface area contributed by atoms with Crippen LogP contribution in [-0.4, -0.2) is 40.0 Å². The van der Waals surface area contributed by atoms with E-state index in [-0.39, 0.29) is 28.4 Å². The van der Waals surface area contributed by atoms with Crippen molar-refractivity contribution < 1.29 is 23.5 Å². The fourth-order valence-electron chi connectivity index (χ4n) is 2.71. The van der Waals surface area contributed by atoms with Crippen molar-refractivity contribution in [1.29, 1.82) is 0 Å². The zero-order valence-corrected chi connectivity index (χ0v) is 18.8. The van der Waals surface area contributed by atoms with Crippen LogP contribution in [0.1, 0.15) is 18.9 Å². The third-order valence-electron chi connectivity index (χ3n) is 4.42. The van der Waals surface area contributed by atoms with Crippen LogP contribution in [0.4, 0.5) is 20.4 Å². The summed E-state index contributed by atoms with van der Waals surface area (Å²) in [7, 11) is 1.65. The molecule has 1 atom stereocenters. The second-order valence-corrected chi connectivity index (χ2v) is 8.46. The molecule has 174 valence electrons. The molecule has 11 heteroatoms. The van der Waals surface area contributed by atoms with E-state index in [1.807, 2.05) is 0 Å². The van der Waals surface area contributed by atoms with E-state index < -0.39 is 11.6 Å². The number of nitrogens with two attached hydrogens (primary N) is 1. The number of nitrogens with one attached hydrogen (secondary N) is 1. The molecule has 0 radical (unpaired) electrons. The number of aromatic nitrogens is 2. The van der Waals surface area contributed by atoms with Crippen LogP contribution < -0.4 is 15.8 Å². The highest BCUT2D eigenvalue weighted by Crippen LogP contribution is 2.36. The van der Waals surface area contributed by atoms with Crippen LogP contribution >= 0.6 is 11.8 Å². The molecule has 1 aromatic carbocycles. The number of pyridine rings is 2. The average molecular weight is 476 g/mol. The zero-order valence-electron chi connectivity index (χ0n) is 18.0. The lowest BCUT2D eigenvalue weighted by Crippen LogP contribution is -2.13. The third-order valence-corrected chi connectivity index (χ3v) is 5.55. The summed E-state index contributed by atoms with van der Waals surface area (Å²) in [5, 5.41) is 15.0. The van der Waals surface area contributed by atoms with Crippen LogP contribution in [0.2, 0.25) is 0 Å².